The molecule has 0 aliphatic heterocycles. The Bertz CT molecular complexity index is 1130. The van der Waals surface area contributed by atoms with Gasteiger partial charge in [0.05, 0.1) is 10.8 Å². The second-order valence-electron chi connectivity index (χ2n) is 8.66. The van der Waals surface area contributed by atoms with E-state index in [1.165, 1.54) is 11.3 Å². The molecule has 7 nitrogen and oxygen atoms in total. The summed E-state index contributed by atoms with van der Waals surface area (Å²) in [5.41, 5.74) is 2.87. The highest BCUT2D eigenvalue weighted by atomic mass is 32.1. The van der Waals surface area contributed by atoms with Gasteiger partial charge in [-0.1, -0.05) is 19.9 Å². The Morgan fingerprint density at radius 2 is 2.12 bits per heavy atom. The molecule has 3 aromatic rings. The molecule has 2 heterocycles. The summed E-state index contributed by atoms with van der Waals surface area (Å²) in [6.45, 7) is 5.98. The summed E-state index contributed by atoms with van der Waals surface area (Å²) < 4.78 is 0. The van der Waals surface area contributed by atoms with E-state index in [0.29, 0.717) is 30.2 Å². The number of rotatable bonds is 6. The van der Waals surface area contributed by atoms with E-state index < -0.39 is 17.5 Å². The van der Waals surface area contributed by atoms with Crippen molar-refractivity contribution in [2.75, 3.05) is 5.32 Å². The average molecular weight is 453 g/mol. The van der Waals surface area contributed by atoms with Gasteiger partial charge in [-0.05, 0) is 67.9 Å². The number of anilines is 2. The van der Waals surface area contributed by atoms with E-state index in [9.17, 15) is 15.0 Å². The molecule has 4 rings (SSSR count). The molecule has 1 fully saturated rings. The third kappa shape index (κ3) is 4.66. The number of carbonyl (C=O) groups is 1. The van der Waals surface area contributed by atoms with Crippen LogP contribution in [-0.2, 0) is 16.8 Å². The van der Waals surface area contributed by atoms with Crippen molar-refractivity contribution in [1.82, 2.24) is 15.0 Å². The molecule has 1 aromatic carbocycles. The maximum absolute atomic E-state index is 11.4. The molecular weight excluding hydrogens is 424 g/mol. The molecule has 2 aromatic heterocycles. The van der Waals surface area contributed by atoms with Gasteiger partial charge < -0.3 is 15.5 Å². The number of benzene rings is 1. The van der Waals surface area contributed by atoms with Gasteiger partial charge in [0.1, 0.15) is 10.6 Å². The minimum atomic E-state index is -1.08. The van der Waals surface area contributed by atoms with Crippen LogP contribution >= 0.6 is 11.3 Å². The van der Waals surface area contributed by atoms with E-state index in [1.54, 1.807) is 12.4 Å². The molecule has 3 atom stereocenters. The van der Waals surface area contributed by atoms with Crippen LogP contribution in [-0.4, -0.2) is 31.1 Å². The summed E-state index contributed by atoms with van der Waals surface area (Å²) in [6.07, 6.45) is 5.65. The molecule has 3 N–H and O–H groups in total. The molecule has 0 radical (unpaired) electrons. The number of thiazole rings is 1. The van der Waals surface area contributed by atoms with Crippen LogP contribution < -0.4 is 5.32 Å². The van der Waals surface area contributed by atoms with E-state index in [1.807, 2.05) is 32.0 Å². The number of aliphatic hydroxyl groups is 1. The van der Waals surface area contributed by atoms with Crippen molar-refractivity contribution in [2.24, 2.45) is 11.8 Å². The first-order valence-electron chi connectivity index (χ1n) is 10.9. The summed E-state index contributed by atoms with van der Waals surface area (Å²) in [7, 11) is 0. The largest absolute Gasteiger partial charge is 0.481 e. The average Bonchev–Trinajstić information content (AvgIpc) is 3.24. The van der Waals surface area contributed by atoms with Crippen LogP contribution in [0.3, 0.4) is 0 Å². The molecule has 1 aliphatic carbocycles. The Morgan fingerprint density at radius 1 is 1.31 bits per heavy atom. The number of aliphatic carboxylic acids is 1. The zero-order valence-corrected chi connectivity index (χ0v) is 19.3. The predicted octanol–water partition coefficient (Wildman–Crippen LogP) is 4.92. The van der Waals surface area contributed by atoms with Crippen molar-refractivity contribution in [2.45, 2.75) is 52.1 Å². The van der Waals surface area contributed by atoms with Crippen LogP contribution in [0.15, 0.2) is 36.7 Å². The molecule has 1 saturated carbocycles. The second-order valence-corrected chi connectivity index (χ2v) is 9.69. The molecule has 0 bridgehead atoms. The lowest BCUT2D eigenvalue weighted by Crippen LogP contribution is -2.38. The monoisotopic (exact) mass is 452 g/mol. The Hall–Kier alpha value is -2.84. The minimum absolute atomic E-state index is 0.104. The summed E-state index contributed by atoms with van der Waals surface area (Å²) in [6, 6.07) is 8.05. The quantitative estimate of drug-likeness (QED) is 0.487. The molecular formula is C24H28N4O3S. The number of hydrogen-bond acceptors (Lipinski definition) is 7. The molecule has 0 amide bonds. The van der Waals surface area contributed by atoms with E-state index in [2.05, 4.69) is 33.3 Å². The standard InChI is InChI=1S/C24H28N4O3S/c1-4-17-6-8-25-23(27-17)28-18-10-14(2)9-16(11-18)20-13-26-22(32-20)24(31)7-5-19(21(29)30)15(3)12-24/h6,8-11,13,15,19,31H,4-5,7,12H2,1-3H3,(H,29,30)(H,25,27,28)/t15-,19+,24-/m1/s1. The number of carboxylic acid groups (broad SMARTS) is 1. The summed E-state index contributed by atoms with van der Waals surface area (Å²) in [5, 5.41) is 24.6. The van der Waals surface area contributed by atoms with Crippen LogP contribution in [0.5, 0.6) is 0 Å². The zero-order chi connectivity index (χ0) is 22.9. The molecule has 1 aliphatic rings. The molecule has 8 heteroatoms. The summed E-state index contributed by atoms with van der Waals surface area (Å²) >= 11 is 1.47. The van der Waals surface area contributed by atoms with Crippen molar-refractivity contribution >= 4 is 28.9 Å². The Balaban J connectivity index is 1.57. The van der Waals surface area contributed by atoms with Gasteiger partial charge in [-0.3, -0.25) is 4.79 Å². The number of aryl methyl sites for hydroxylation is 2. The summed E-state index contributed by atoms with van der Waals surface area (Å²) in [5.74, 6) is -0.738. The first-order chi connectivity index (χ1) is 15.3. The van der Waals surface area contributed by atoms with Crippen molar-refractivity contribution in [1.29, 1.82) is 0 Å². The SMILES string of the molecule is CCc1ccnc(Nc2cc(C)cc(-c3cnc([C@@]4(O)CC[C@H](C(=O)O)[C@H](C)C4)s3)c2)n1. The predicted molar refractivity (Wildman–Crippen MR) is 125 cm³/mol. The molecule has 32 heavy (non-hydrogen) atoms. The summed E-state index contributed by atoms with van der Waals surface area (Å²) in [4.78, 5) is 25.7. The van der Waals surface area contributed by atoms with Crippen molar-refractivity contribution < 1.29 is 15.0 Å². The van der Waals surface area contributed by atoms with Crippen LogP contribution in [0.2, 0.25) is 0 Å². The van der Waals surface area contributed by atoms with Gasteiger partial charge in [0, 0.05) is 23.8 Å². The van der Waals surface area contributed by atoms with E-state index in [4.69, 9.17) is 0 Å². The lowest BCUT2D eigenvalue weighted by atomic mass is 9.72. The Kier molecular flexibility index (Phi) is 6.26. The van der Waals surface area contributed by atoms with Gasteiger partial charge in [-0.2, -0.15) is 0 Å². The Labute approximate surface area is 191 Å². The maximum Gasteiger partial charge on any atom is 0.306 e. The van der Waals surface area contributed by atoms with Crippen molar-refractivity contribution in [3.63, 3.8) is 0 Å². The Morgan fingerprint density at radius 3 is 2.84 bits per heavy atom. The fourth-order valence-electron chi connectivity index (χ4n) is 4.42. The second kappa shape index (κ2) is 8.96. The van der Waals surface area contributed by atoms with E-state index in [0.717, 1.165) is 33.8 Å². The van der Waals surface area contributed by atoms with E-state index >= 15 is 0 Å². The number of aromatic nitrogens is 3. The van der Waals surface area contributed by atoms with Gasteiger partial charge in [0.25, 0.3) is 0 Å². The molecule has 0 unspecified atom stereocenters. The zero-order valence-electron chi connectivity index (χ0n) is 18.5. The third-order valence-corrected chi connectivity index (χ3v) is 7.37. The smallest absolute Gasteiger partial charge is 0.306 e. The number of nitrogens with one attached hydrogen (secondary N) is 1. The first kappa shape index (κ1) is 22.4. The van der Waals surface area contributed by atoms with Gasteiger partial charge in [-0.15, -0.1) is 11.3 Å². The van der Waals surface area contributed by atoms with Gasteiger partial charge in [0.15, 0.2) is 0 Å². The maximum atomic E-state index is 11.4. The van der Waals surface area contributed by atoms with Crippen molar-refractivity contribution in [3.05, 3.63) is 52.9 Å². The first-order valence-corrected chi connectivity index (χ1v) is 11.7. The number of carboxylic acids is 1. The number of hydrogen-bond donors (Lipinski definition) is 3. The lowest BCUT2D eigenvalue weighted by molar-refractivity contribution is -0.148. The molecule has 0 spiro atoms. The highest BCUT2D eigenvalue weighted by molar-refractivity contribution is 7.15. The minimum Gasteiger partial charge on any atom is -0.481 e. The normalized spacial score (nSPS) is 23.1. The molecule has 168 valence electrons. The topological polar surface area (TPSA) is 108 Å². The highest BCUT2D eigenvalue weighted by Gasteiger charge is 2.43. The molecule has 0 saturated heterocycles. The van der Waals surface area contributed by atoms with Crippen LogP contribution in [0.25, 0.3) is 10.4 Å². The fraction of sp³-hybridized carbons (Fsp3) is 0.417. The van der Waals surface area contributed by atoms with Crippen LogP contribution in [0.4, 0.5) is 11.6 Å². The van der Waals surface area contributed by atoms with Crippen molar-refractivity contribution in [3.8, 4) is 10.4 Å². The van der Waals surface area contributed by atoms with E-state index in [-0.39, 0.29) is 5.92 Å². The highest BCUT2D eigenvalue weighted by Crippen LogP contribution is 2.45. The van der Waals surface area contributed by atoms with Crippen LogP contribution in [0.1, 0.15) is 49.4 Å². The third-order valence-electron chi connectivity index (χ3n) is 6.13. The van der Waals surface area contributed by atoms with Crippen LogP contribution in [0, 0.1) is 18.8 Å². The lowest BCUT2D eigenvalue weighted by Gasteiger charge is -2.37. The van der Waals surface area contributed by atoms with Gasteiger partial charge in [0.2, 0.25) is 5.95 Å². The van der Waals surface area contributed by atoms with Gasteiger partial charge >= 0.3 is 5.97 Å². The van der Waals surface area contributed by atoms with Gasteiger partial charge in [-0.25, -0.2) is 15.0 Å². The fourth-order valence-corrected chi connectivity index (χ4v) is 5.45. The number of nitrogens with zero attached hydrogens (tertiary/aromatic N) is 3.